The van der Waals surface area contributed by atoms with Gasteiger partial charge in [0.05, 0.1) is 12.0 Å². The van der Waals surface area contributed by atoms with Crippen LogP contribution >= 0.6 is 0 Å². The van der Waals surface area contributed by atoms with Crippen molar-refractivity contribution in [3.63, 3.8) is 0 Å². The highest BCUT2D eigenvalue weighted by Crippen LogP contribution is 2.41. The van der Waals surface area contributed by atoms with E-state index in [0.29, 0.717) is 29.1 Å². The summed E-state index contributed by atoms with van der Waals surface area (Å²) in [6.45, 7) is 4.65. The number of hydrogen-bond acceptors (Lipinski definition) is 4. The normalized spacial score (nSPS) is 22.2. The van der Waals surface area contributed by atoms with Gasteiger partial charge in [0.15, 0.2) is 0 Å². The van der Waals surface area contributed by atoms with Crippen molar-refractivity contribution in [2.75, 3.05) is 33.4 Å². The zero-order valence-corrected chi connectivity index (χ0v) is 14.7. The van der Waals surface area contributed by atoms with Crippen molar-refractivity contribution in [1.29, 1.82) is 0 Å². The molecule has 5 nitrogen and oxygen atoms in total. The maximum atomic E-state index is 12.9. The highest BCUT2D eigenvalue weighted by atomic mass is 32.2. The van der Waals surface area contributed by atoms with Crippen molar-refractivity contribution in [1.82, 2.24) is 4.31 Å². The van der Waals surface area contributed by atoms with E-state index in [-0.39, 0.29) is 0 Å². The molecule has 128 valence electrons. The van der Waals surface area contributed by atoms with Gasteiger partial charge < -0.3 is 9.47 Å². The molecule has 0 bridgehead atoms. The standard InChI is InChI=1S/C17H25NO4S/c1-14-13-15(21-2)3-4-16(14)23(19,20)18-9-5-17(6-10-18)7-11-22-12-8-17/h3-4,13H,5-12H2,1-2H3. The number of sulfonamides is 1. The molecule has 1 aromatic rings. The Morgan fingerprint density at radius 1 is 1.13 bits per heavy atom. The van der Waals surface area contributed by atoms with Gasteiger partial charge in [0.1, 0.15) is 5.75 Å². The first-order valence-corrected chi connectivity index (χ1v) is 9.63. The van der Waals surface area contributed by atoms with Gasteiger partial charge in [-0.15, -0.1) is 0 Å². The van der Waals surface area contributed by atoms with E-state index in [2.05, 4.69) is 0 Å². The van der Waals surface area contributed by atoms with Crippen LogP contribution in [0.1, 0.15) is 31.2 Å². The first-order chi connectivity index (χ1) is 11.0. The van der Waals surface area contributed by atoms with E-state index in [1.54, 1.807) is 29.6 Å². The van der Waals surface area contributed by atoms with Crippen LogP contribution < -0.4 is 4.74 Å². The maximum Gasteiger partial charge on any atom is 0.243 e. The first kappa shape index (κ1) is 16.7. The van der Waals surface area contributed by atoms with Gasteiger partial charge >= 0.3 is 0 Å². The third-order valence-corrected chi connectivity index (χ3v) is 7.40. The monoisotopic (exact) mass is 339 g/mol. The lowest BCUT2D eigenvalue weighted by Gasteiger charge is -2.43. The van der Waals surface area contributed by atoms with Crippen LogP contribution in [-0.4, -0.2) is 46.1 Å². The average molecular weight is 339 g/mol. The van der Waals surface area contributed by atoms with Gasteiger partial charge in [0, 0.05) is 26.3 Å². The largest absolute Gasteiger partial charge is 0.497 e. The van der Waals surface area contributed by atoms with Crippen molar-refractivity contribution in [3.05, 3.63) is 23.8 Å². The summed E-state index contributed by atoms with van der Waals surface area (Å²) in [6, 6.07) is 5.14. The molecule has 0 aliphatic carbocycles. The third kappa shape index (κ3) is 3.25. The highest BCUT2D eigenvalue weighted by molar-refractivity contribution is 7.89. The first-order valence-electron chi connectivity index (χ1n) is 8.19. The molecule has 2 fully saturated rings. The minimum Gasteiger partial charge on any atom is -0.497 e. The minimum atomic E-state index is -3.43. The van der Waals surface area contributed by atoms with Crippen molar-refractivity contribution >= 4 is 10.0 Å². The fourth-order valence-corrected chi connectivity index (χ4v) is 5.33. The molecule has 0 N–H and O–H groups in total. The Balaban J connectivity index is 1.76. The van der Waals surface area contributed by atoms with Gasteiger partial charge in [0.25, 0.3) is 0 Å². The second kappa shape index (κ2) is 6.42. The Labute approximate surface area is 138 Å². The Bertz CT molecular complexity index is 655. The van der Waals surface area contributed by atoms with Gasteiger partial charge in [-0.05, 0) is 61.8 Å². The number of benzene rings is 1. The van der Waals surface area contributed by atoms with E-state index in [4.69, 9.17) is 9.47 Å². The Morgan fingerprint density at radius 2 is 1.78 bits per heavy atom. The van der Waals surface area contributed by atoms with Crippen LogP contribution in [-0.2, 0) is 14.8 Å². The lowest BCUT2D eigenvalue weighted by Crippen LogP contribution is -2.45. The molecule has 6 heteroatoms. The fraction of sp³-hybridized carbons (Fsp3) is 0.647. The van der Waals surface area contributed by atoms with Gasteiger partial charge in [-0.3, -0.25) is 0 Å². The molecule has 0 amide bonds. The quantitative estimate of drug-likeness (QED) is 0.849. The number of ether oxygens (including phenoxy) is 2. The second-order valence-corrected chi connectivity index (χ2v) is 8.55. The Kier molecular flexibility index (Phi) is 4.67. The Hall–Kier alpha value is -1.11. The summed E-state index contributed by atoms with van der Waals surface area (Å²) in [7, 11) is -1.84. The number of methoxy groups -OCH3 is 1. The Morgan fingerprint density at radius 3 is 2.35 bits per heavy atom. The molecule has 3 rings (SSSR count). The highest BCUT2D eigenvalue weighted by Gasteiger charge is 2.39. The van der Waals surface area contributed by atoms with Crippen molar-refractivity contribution in [2.24, 2.45) is 5.41 Å². The number of piperidine rings is 1. The van der Waals surface area contributed by atoms with Gasteiger partial charge in [-0.2, -0.15) is 4.31 Å². The molecular formula is C17H25NO4S. The van der Waals surface area contributed by atoms with Crippen molar-refractivity contribution < 1.29 is 17.9 Å². The molecule has 0 unspecified atom stereocenters. The molecule has 0 atom stereocenters. The summed E-state index contributed by atoms with van der Waals surface area (Å²) < 4.78 is 38.1. The zero-order chi connectivity index (χ0) is 16.5. The molecule has 2 heterocycles. The molecule has 1 aromatic carbocycles. The van der Waals surface area contributed by atoms with Gasteiger partial charge in [-0.1, -0.05) is 0 Å². The fourth-order valence-electron chi connectivity index (χ4n) is 3.68. The molecule has 2 saturated heterocycles. The average Bonchev–Trinajstić information content (AvgIpc) is 2.55. The summed E-state index contributed by atoms with van der Waals surface area (Å²) >= 11 is 0. The lowest BCUT2D eigenvalue weighted by molar-refractivity contribution is -0.00999. The number of aryl methyl sites for hydroxylation is 1. The predicted molar refractivity (Wildman–Crippen MR) is 88.2 cm³/mol. The van der Waals surface area contributed by atoms with Crippen LogP contribution in [0.3, 0.4) is 0 Å². The molecule has 2 aliphatic rings. The van der Waals surface area contributed by atoms with Crippen LogP contribution in [0.5, 0.6) is 5.75 Å². The SMILES string of the molecule is COc1ccc(S(=O)(=O)N2CCC3(CCOCC3)CC2)c(C)c1. The van der Waals surface area contributed by atoms with E-state index < -0.39 is 10.0 Å². The summed E-state index contributed by atoms with van der Waals surface area (Å²) in [5, 5.41) is 0. The summed E-state index contributed by atoms with van der Waals surface area (Å²) in [5.41, 5.74) is 1.02. The summed E-state index contributed by atoms with van der Waals surface area (Å²) in [5.74, 6) is 0.682. The number of rotatable bonds is 3. The molecule has 1 spiro atoms. The van der Waals surface area contributed by atoms with Crippen molar-refractivity contribution in [2.45, 2.75) is 37.5 Å². The molecule has 2 aliphatic heterocycles. The zero-order valence-electron chi connectivity index (χ0n) is 13.9. The van der Waals surface area contributed by atoms with Crippen molar-refractivity contribution in [3.8, 4) is 5.75 Å². The smallest absolute Gasteiger partial charge is 0.243 e. The lowest BCUT2D eigenvalue weighted by atomic mass is 9.73. The van der Waals surface area contributed by atoms with Crippen LogP contribution in [0.15, 0.2) is 23.1 Å². The van der Waals surface area contributed by atoms with E-state index in [0.717, 1.165) is 44.5 Å². The predicted octanol–water partition coefficient (Wildman–Crippen LogP) is 2.58. The molecule has 23 heavy (non-hydrogen) atoms. The number of nitrogens with zero attached hydrogens (tertiary/aromatic N) is 1. The number of hydrogen-bond donors (Lipinski definition) is 0. The molecule has 0 aromatic heterocycles. The van der Waals surface area contributed by atoms with E-state index in [9.17, 15) is 8.42 Å². The maximum absolute atomic E-state index is 12.9. The third-order valence-electron chi connectivity index (χ3n) is 5.34. The van der Waals surface area contributed by atoms with E-state index in [1.165, 1.54) is 0 Å². The molecule has 0 radical (unpaired) electrons. The van der Waals surface area contributed by atoms with Gasteiger partial charge in [0.2, 0.25) is 10.0 Å². The van der Waals surface area contributed by atoms with Gasteiger partial charge in [-0.25, -0.2) is 8.42 Å². The van der Waals surface area contributed by atoms with Crippen LogP contribution in [0.25, 0.3) is 0 Å². The topological polar surface area (TPSA) is 55.8 Å². The van der Waals surface area contributed by atoms with Crippen LogP contribution in [0, 0.1) is 12.3 Å². The summed E-state index contributed by atoms with van der Waals surface area (Å²) in [4.78, 5) is 0.390. The molecular weight excluding hydrogens is 314 g/mol. The minimum absolute atomic E-state index is 0.291. The van der Waals surface area contributed by atoms with E-state index in [1.807, 2.05) is 6.92 Å². The molecule has 0 saturated carbocycles. The van der Waals surface area contributed by atoms with Crippen LogP contribution in [0.2, 0.25) is 0 Å². The second-order valence-electron chi connectivity index (χ2n) is 6.65. The van der Waals surface area contributed by atoms with E-state index >= 15 is 0 Å². The summed E-state index contributed by atoms with van der Waals surface area (Å²) in [6.07, 6.45) is 3.99. The van der Waals surface area contributed by atoms with Crippen LogP contribution in [0.4, 0.5) is 0 Å².